The summed E-state index contributed by atoms with van der Waals surface area (Å²) in [6, 6.07) is 10.6. The Morgan fingerprint density at radius 2 is 1.88 bits per heavy atom. The van der Waals surface area contributed by atoms with Crippen molar-refractivity contribution in [3.05, 3.63) is 47.3 Å². The second kappa shape index (κ2) is 8.02. The van der Waals surface area contributed by atoms with E-state index in [0.717, 1.165) is 31.1 Å². The van der Waals surface area contributed by atoms with Gasteiger partial charge in [0, 0.05) is 31.4 Å². The summed E-state index contributed by atoms with van der Waals surface area (Å²) in [6.45, 7) is 11.9. The molecule has 3 rings (SSSR count). The third-order valence-corrected chi connectivity index (χ3v) is 4.54. The Labute approximate surface area is 150 Å². The van der Waals surface area contributed by atoms with Crippen LogP contribution in [0.3, 0.4) is 0 Å². The highest BCUT2D eigenvalue weighted by Crippen LogP contribution is 2.24. The summed E-state index contributed by atoms with van der Waals surface area (Å²) in [4.78, 5) is 2.43. The Balaban J connectivity index is 1.62. The molecular formula is C20H29N3O2. The van der Waals surface area contributed by atoms with E-state index in [1.807, 2.05) is 6.07 Å². The molecular weight excluding hydrogens is 314 g/mol. The van der Waals surface area contributed by atoms with Crippen LogP contribution in [0, 0.1) is 0 Å². The van der Waals surface area contributed by atoms with Crippen molar-refractivity contribution in [3.8, 4) is 0 Å². The van der Waals surface area contributed by atoms with E-state index in [-0.39, 0.29) is 12.2 Å². The maximum atomic E-state index is 5.86. The Morgan fingerprint density at radius 1 is 1.16 bits per heavy atom. The largest absolute Gasteiger partial charge is 0.372 e. The number of para-hydroxylation sites is 1. The minimum absolute atomic E-state index is 0.258. The van der Waals surface area contributed by atoms with E-state index in [4.69, 9.17) is 9.26 Å². The number of ether oxygens (including phenoxy) is 1. The molecule has 1 fully saturated rings. The lowest BCUT2D eigenvalue weighted by atomic mass is 10.1. The summed E-state index contributed by atoms with van der Waals surface area (Å²) < 4.78 is 11.3. The SMILES string of the molecule is CC(C)c1cc(CNCc2ccccc2N2C[C@H](C)O[C@@H](C)C2)on1. The molecule has 5 heteroatoms. The predicted octanol–water partition coefficient (Wildman–Crippen LogP) is 3.70. The molecule has 0 spiro atoms. The quantitative estimate of drug-likeness (QED) is 0.867. The molecule has 0 aliphatic carbocycles. The van der Waals surface area contributed by atoms with Crippen LogP contribution >= 0.6 is 0 Å². The summed E-state index contributed by atoms with van der Waals surface area (Å²) in [5.41, 5.74) is 3.60. The normalized spacial score (nSPS) is 21.1. The molecule has 0 radical (unpaired) electrons. The fourth-order valence-electron chi connectivity index (χ4n) is 3.35. The van der Waals surface area contributed by atoms with Crippen LogP contribution in [0.2, 0.25) is 0 Å². The molecule has 0 amide bonds. The summed E-state index contributed by atoms with van der Waals surface area (Å²) in [5.74, 6) is 1.28. The third kappa shape index (κ3) is 4.61. The van der Waals surface area contributed by atoms with E-state index in [0.29, 0.717) is 12.5 Å². The highest BCUT2D eigenvalue weighted by Gasteiger charge is 2.23. The van der Waals surface area contributed by atoms with E-state index >= 15 is 0 Å². The number of nitrogens with one attached hydrogen (secondary N) is 1. The third-order valence-electron chi connectivity index (χ3n) is 4.54. The summed E-state index contributed by atoms with van der Waals surface area (Å²) in [6.07, 6.45) is 0.516. The molecule has 5 nitrogen and oxygen atoms in total. The summed E-state index contributed by atoms with van der Waals surface area (Å²) in [5, 5.41) is 7.59. The number of benzene rings is 1. The first-order chi connectivity index (χ1) is 12.0. The Bertz CT molecular complexity index is 673. The lowest BCUT2D eigenvalue weighted by Crippen LogP contribution is -2.46. The molecule has 2 atom stereocenters. The molecule has 0 unspecified atom stereocenters. The number of nitrogens with zero attached hydrogens (tertiary/aromatic N) is 2. The second-order valence-electron chi connectivity index (χ2n) is 7.27. The molecule has 25 heavy (non-hydrogen) atoms. The van der Waals surface area contributed by atoms with Gasteiger partial charge in [-0.15, -0.1) is 0 Å². The van der Waals surface area contributed by atoms with Crippen molar-refractivity contribution in [1.82, 2.24) is 10.5 Å². The van der Waals surface area contributed by atoms with Gasteiger partial charge in [0.25, 0.3) is 0 Å². The zero-order valence-electron chi connectivity index (χ0n) is 15.7. The van der Waals surface area contributed by atoms with Crippen molar-refractivity contribution in [2.75, 3.05) is 18.0 Å². The van der Waals surface area contributed by atoms with Crippen molar-refractivity contribution in [1.29, 1.82) is 0 Å². The number of hydrogen-bond donors (Lipinski definition) is 1. The van der Waals surface area contributed by atoms with Gasteiger partial charge >= 0.3 is 0 Å². The topological polar surface area (TPSA) is 50.5 Å². The fraction of sp³-hybridized carbons (Fsp3) is 0.550. The molecule has 1 aromatic heterocycles. The highest BCUT2D eigenvalue weighted by molar-refractivity contribution is 5.54. The first-order valence-electron chi connectivity index (χ1n) is 9.17. The number of aromatic nitrogens is 1. The highest BCUT2D eigenvalue weighted by atomic mass is 16.5. The minimum atomic E-state index is 0.258. The monoisotopic (exact) mass is 343 g/mol. The van der Waals surface area contributed by atoms with Crippen LogP contribution in [0.15, 0.2) is 34.9 Å². The van der Waals surface area contributed by atoms with Crippen molar-refractivity contribution < 1.29 is 9.26 Å². The van der Waals surface area contributed by atoms with Gasteiger partial charge < -0.3 is 19.5 Å². The number of morpholine rings is 1. The van der Waals surface area contributed by atoms with Gasteiger partial charge in [-0.2, -0.15) is 0 Å². The van der Waals surface area contributed by atoms with E-state index in [9.17, 15) is 0 Å². The first-order valence-corrected chi connectivity index (χ1v) is 9.17. The lowest BCUT2D eigenvalue weighted by molar-refractivity contribution is -0.00526. The summed E-state index contributed by atoms with van der Waals surface area (Å²) >= 11 is 0. The molecule has 1 saturated heterocycles. The van der Waals surface area contributed by atoms with Crippen molar-refractivity contribution in [2.45, 2.75) is 58.9 Å². The van der Waals surface area contributed by atoms with Gasteiger partial charge in [-0.05, 0) is 31.4 Å². The first kappa shape index (κ1) is 18.0. The zero-order valence-corrected chi connectivity index (χ0v) is 15.7. The van der Waals surface area contributed by atoms with Crippen LogP contribution in [0.1, 0.15) is 50.6 Å². The van der Waals surface area contributed by atoms with E-state index in [1.165, 1.54) is 11.3 Å². The zero-order chi connectivity index (χ0) is 17.8. The minimum Gasteiger partial charge on any atom is -0.372 e. The molecule has 0 saturated carbocycles. The van der Waals surface area contributed by atoms with E-state index in [1.54, 1.807) is 0 Å². The summed E-state index contributed by atoms with van der Waals surface area (Å²) in [7, 11) is 0. The van der Waals surface area contributed by atoms with E-state index < -0.39 is 0 Å². The van der Waals surface area contributed by atoms with Crippen LogP contribution < -0.4 is 10.2 Å². The molecule has 2 heterocycles. The molecule has 1 aliphatic rings. The van der Waals surface area contributed by atoms with Gasteiger partial charge in [0.05, 0.1) is 24.4 Å². The van der Waals surface area contributed by atoms with Crippen LogP contribution in [0.4, 0.5) is 5.69 Å². The van der Waals surface area contributed by atoms with Gasteiger partial charge in [0.1, 0.15) is 0 Å². The van der Waals surface area contributed by atoms with E-state index in [2.05, 4.69) is 67.3 Å². The Hall–Kier alpha value is -1.85. The smallest absolute Gasteiger partial charge is 0.150 e. The maximum Gasteiger partial charge on any atom is 0.150 e. The van der Waals surface area contributed by atoms with Crippen LogP contribution in [0.5, 0.6) is 0 Å². The predicted molar refractivity (Wildman–Crippen MR) is 99.8 cm³/mol. The van der Waals surface area contributed by atoms with Gasteiger partial charge in [-0.1, -0.05) is 37.2 Å². The average molecular weight is 343 g/mol. The Kier molecular flexibility index (Phi) is 5.76. The molecule has 136 valence electrons. The van der Waals surface area contributed by atoms with Crippen molar-refractivity contribution >= 4 is 5.69 Å². The number of rotatable bonds is 6. The van der Waals surface area contributed by atoms with Crippen LogP contribution in [-0.2, 0) is 17.8 Å². The van der Waals surface area contributed by atoms with Gasteiger partial charge in [-0.3, -0.25) is 0 Å². The molecule has 1 N–H and O–H groups in total. The maximum absolute atomic E-state index is 5.86. The fourth-order valence-corrected chi connectivity index (χ4v) is 3.35. The van der Waals surface area contributed by atoms with Gasteiger partial charge in [0.2, 0.25) is 0 Å². The second-order valence-corrected chi connectivity index (χ2v) is 7.27. The van der Waals surface area contributed by atoms with Gasteiger partial charge in [0.15, 0.2) is 5.76 Å². The van der Waals surface area contributed by atoms with Crippen molar-refractivity contribution in [2.24, 2.45) is 0 Å². The van der Waals surface area contributed by atoms with Crippen LogP contribution in [0.25, 0.3) is 0 Å². The molecule has 2 aromatic rings. The van der Waals surface area contributed by atoms with Gasteiger partial charge in [-0.25, -0.2) is 0 Å². The molecule has 1 aromatic carbocycles. The lowest BCUT2D eigenvalue weighted by Gasteiger charge is -2.37. The van der Waals surface area contributed by atoms with Crippen molar-refractivity contribution in [3.63, 3.8) is 0 Å². The molecule has 1 aliphatic heterocycles. The Morgan fingerprint density at radius 3 is 2.56 bits per heavy atom. The molecule has 0 bridgehead atoms. The van der Waals surface area contributed by atoms with Crippen LogP contribution in [-0.4, -0.2) is 30.5 Å². The standard InChI is InChI=1S/C20H29N3O2/c1-14(2)19-9-18(25-22-19)11-21-10-17-7-5-6-8-20(17)23-12-15(3)24-16(4)13-23/h5-9,14-16,21H,10-13H2,1-4H3/t15-,16-/m0/s1. The average Bonchev–Trinajstić information content (AvgIpc) is 3.03. The number of hydrogen-bond acceptors (Lipinski definition) is 5. The number of anilines is 1.